The van der Waals surface area contributed by atoms with E-state index in [2.05, 4.69) is 22.0 Å². The van der Waals surface area contributed by atoms with Gasteiger partial charge in [-0.15, -0.1) is 0 Å². The number of rotatable bonds is 4. The van der Waals surface area contributed by atoms with E-state index < -0.39 is 11.9 Å². The number of pyridine rings is 1. The maximum atomic E-state index is 12.7. The minimum atomic E-state index is -4.42. The SMILES string of the molecule is CCC(=O)N1C[C@@H]2CN(Cc3ccc(C(F)(F)F)nc3)C[C@@H]2[C@H]1c1ccccc1. The Morgan fingerprint density at radius 1 is 1.10 bits per heavy atom. The molecule has 2 aromatic rings. The molecule has 4 nitrogen and oxygen atoms in total. The van der Waals surface area contributed by atoms with Crippen LogP contribution in [-0.2, 0) is 17.5 Å². The summed E-state index contributed by atoms with van der Waals surface area (Å²) in [5.74, 6) is 0.875. The first-order chi connectivity index (χ1) is 13.9. The molecule has 0 N–H and O–H groups in total. The van der Waals surface area contributed by atoms with Crippen LogP contribution in [0.25, 0.3) is 0 Å². The first kappa shape index (κ1) is 19.9. The number of alkyl halides is 3. The Labute approximate surface area is 168 Å². The van der Waals surface area contributed by atoms with Gasteiger partial charge in [0.1, 0.15) is 5.69 Å². The standard InChI is InChI=1S/C22H24F3N3O/c1-2-20(29)28-13-17-12-27(11-15-8-9-19(26-10-15)22(23,24)25)14-18(17)21(28)16-6-4-3-5-7-16/h3-10,17-18,21H,2,11-14H2,1H3/t17-,18-,21+/m0/s1. The summed E-state index contributed by atoms with van der Waals surface area (Å²) < 4.78 is 38.1. The number of aromatic nitrogens is 1. The topological polar surface area (TPSA) is 36.4 Å². The fourth-order valence-electron chi connectivity index (χ4n) is 4.75. The molecule has 2 saturated heterocycles. The summed E-state index contributed by atoms with van der Waals surface area (Å²) in [6, 6.07) is 12.7. The van der Waals surface area contributed by atoms with E-state index in [-0.39, 0.29) is 11.9 Å². The lowest BCUT2D eigenvalue weighted by atomic mass is 9.89. The van der Waals surface area contributed by atoms with Crippen LogP contribution >= 0.6 is 0 Å². The summed E-state index contributed by atoms with van der Waals surface area (Å²) in [7, 11) is 0. The van der Waals surface area contributed by atoms with Crippen molar-refractivity contribution in [3.05, 3.63) is 65.5 Å². The first-order valence-corrected chi connectivity index (χ1v) is 9.95. The van der Waals surface area contributed by atoms with E-state index in [0.29, 0.717) is 24.8 Å². The second-order valence-electron chi connectivity index (χ2n) is 7.92. The number of amides is 1. The molecular weight excluding hydrogens is 379 g/mol. The normalized spacial score (nSPS) is 24.7. The second-order valence-corrected chi connectivity index (χ2v) is 7.92. The van der Waals surface area contributed by atoms with Gasteiger partial charge in [-0.25, -0.2) is 0 Å². The highest BCUT2D eigenvalue weighted by Gasteiger charge is 2.48. The molecule has 7 heteroatoms. The van der Waals surface area contributed by atoms with Gasteiger partial charge < -0.3 is 4.90 Å². The fraction of sp³-hybridized carbons (Fsp3) is 0.455. The third-order valence-corrected chi connectivity index (χ3v) is 6.03. The molecule has 29 heavy (non-hydrogen) atoms. The zero-order valence-corrected chi connectivity index (χ0v) is 16.3. The molecule has 3 heterocycles. The maximum Gasteiger partial charge on any atom is 0.433 e. The predicted molar refractivity (Wildman–Crippen MR) is 103 cm³/mol. The number of carbonyl (C=O) groups excluding carboxylic acids is 1. The van der Waals surface area contributed by atoms with E-state index in [9.17, 15) is 18.0 Å². The third-order valence-electron chi connectivity index (χ3n) is 6.03. The molecular formula is C22H24F3N3O. The molecule has 0 radical (unpaired) electrons. The van der Waals surface area contributed by atoms with Crippen LogP contribution in [0.1, 0.15) is 36.2 Å². The van der Waals surface area contributed by atoms with E-state index in [1.54, 1.807) is 0 Å². The number of carbonyl (C=O) groups is 1. The molecule has 0 aliphatic carbocycles. The lowest BCUT2D eigenvalue weighted by molar-refractivity contribution is -0.141. The average Bonchev–Trinajstić information content (AvgIpc) is 3.25. The molecule has 2 fully saturated rings. The Bertz CT molecular complexity index is 854. The van der Waals surface area contributed by atoms with Gasteiger partial charge in [0.25, 0.3) is 0 Å². The summed E-state index contributed by atoms with van der Waals surface area (Å²) in [6.07, 6.45) is -2.61. The summed E-state index contributed by atoms with van der Waals surface area (Å²) in [5, 5.41) is 0. The van der Waals surface area contributed by atoms with Crippen LogP contribution < -0.4 is 0 Å². The molecule has 1 amide bonds. The highest BCUT2D eigenvalue weighted by atomic mass is 19.4. The predicted octanol–water partition coefficient (Wildman–Crippen LogP) is 4.14. The van der Waals surface area contributed by atoms with E-state index in [1.165, 1.54) is 12.3 Å². The van der Waals surface area contributed by atoms with Gasteiger partial charge in [0.05, 0.1) is 6.04 Å². The largest absolute Gasteiger partial charge is 0.433 e. The molecule has 0 unspecified atom stereocenters. The summed E-state index contributed by atoms with van der Waals surface area (Å²) in [5.41, 5.74) is 1.06. The highest BCUT2D eigenvalue weighted by Crippen LogP contribution is 2.45. The number of fused-ring (bicyclic) bond motifs is 1. The third kappa shape index (κ3) is 4.01. The molecule has 0 saturated carbocycles. The van der Waals surface area contributed by atoms with E-state index in [0.717, 1.165) is 36.8 Å². The van der Waals surface area contributed by atoms with Gasteiger partial charge in [-0.05, 0) is 23.1 Å². The van der Waals surface area contributed by atoms with Crippen molar-refractivity contribution in [3.8, 4) is 0 Å². The molecule has 154 valence electrons. The number of hydrogen-bond donors (Lipinski definition) is 0. The average molecular weight is 403 g/mol. The van der Waals surface area contributed by atoms with Crippen LogP contribution in [0.2, 0.25) is 0 Å². The Morgan fingerprint density at radius 3 is 2.48 bits per heavy atom. The number of nitrogens with zero attached hydrogens (tertiary/aromatic N) is 3. The van der Waals surface area contributed by atoms with E-state index in [1.807, 2.05) is 30.0 Å². The molecule has 2 aliphatic rings. The van der Waals surface area contributed by atoms with Crippen molar-refractivity contribution in [1.82, 2.24) is 14.8 Å². The van der Waals surface area contributed by atoms with Gasteiger partial charge in [-0.1, -0.05) is 43.3 Å². The van der Waals surface area contributed by atoms with Gasteiger partial charge in [-0.2, -0.15) is 13.2 Å². The number of benzene rings is 1. The molecule has 1 aromatic carbocycles. The number of halogens is 3. The number of likely N-dealkylation sites (tertiary alicyclic amines) is 2. The fourth-order valence-corrected chi connectivity index (χ4v) is 4.75. The van der Waals surface area contributed by atoms with Crippen molar-refractivity contribution in [3.63, 3.8) is 0 Å². The van der Waals surface area contributed by atoms with Crippen molar-refractivity contribution in [2.75, 3.05) is 19.6 Å². The monoisotopic (exact) mass is 403 g/mol. The Hall–Kier alpha value is -2.41. The molecule has 1 aromatic heterocycles. The van der Waals surface area contributed by atoms with Gasteiger partial charge in [0.15, 0.2) is 0 Å². The van der Waals surface area contributed by atoms with E-state index in [4.69, 9.17) is 0 Å². The van der Waals surface area contributed by atoms with Crippen molar-refractivity contribution >= 4 is 5.91 Å². The van der Waals surface area contributed by atoms with Crippen LogP contribution in [-0.4, -0.2) is 40.3 Å². The Balaban J connectivity index is 1.49. The van der Waals surface area contributed by atoms with Crippen molar-refractivity contribution < 1.29 is 18.0 Å². The Morgan fingerprint density at radius 2 is 1.86 bits per heavy atom. The smallest absolute Gasteiger partial charge is 0.335 e. The quantitative estimate of drug-likeness (QED) is 0.770. The van der Waals surface area contributed by atoms with Crippen molar-refractivity contribution in [2.24, 2.45) is 11.8 Å². The molecule has 4 rings (SSSR count). The summed E-state index contributed by atoms with van der Waals surface area (Å²) in [6.45, 7) is 4.85. The van der Waals surface area contributed by atoms with Crippen LogP contribution in [0.4, 0.5) is 13.2 Å². The van der Waals surface area contributed by atoms with Crippen molar-refractivity contribution in [2.45, 2.75) is 32.1 Å². The minimum Gasteiger partial charge on any atom is -0.335 e. The number of hydrogen-bond acceptors (Lipinski definition) is 3. The molecule has 0 spiro atoms. The van der Waals surface area contributed by atoms with Gasteiger partial charge in [0, 0.05) is 44.7 Å². The zero-order chi connectivity index (χ0) is 20.6. The van der Waals surface area contributed by atoms with Gasteiger partial charge >= 0.3 is 6.18 Å². The molecule has 3 atom stereocenters. The highest BCUT2D eigenvalue weighted by molar-refractivity contribution is 5.77. The summed E-state index contributed by atoms with van der Waals surface area (Å²) in [4.78, 5) is 20.4. The van der Waals surface area contributed by atoms with Gasteiger partial charge in [-0.3, -0.25) is 14.7 Å². The van der Waals surface area contributed by atoms with Crippen molar-refractivity contribution in [1.29, 1.82) is 0 Å². The van der Waals surface area contributed by atoms with Crippen LogP contribution in [0.5, 0.6) is 0 Å². The molecule has 0 bridgehead atoms. The minimum absolute atomic E-state index is 0.0596. The first-order valence-electron chi connectivity index (χ1n) is 9.95. The second kappa shape index (κ2) is 7.78. The lowest BCUT2D eigenvalue weighted by Crippen LogP contribution is -2.35. The zero-order valence-electron chi connectivity index (χ0n) is 16.3. The van der Waals surface area contributed by atoms with E-state index >= 15 is 0 Å². The molecule has 2 aliphatic heterocycles. The maximum absolute atomic E-state index is 12.7. The lowest BCUT2D eigenvalue weighted by Gasteiger charge is -2.30. The van der Waals surface area contributed by atoms with Crippen LogP contribution in [0.15, 0.2) is 48.7 Å². The van der Waals surface area contributed by atoms with Gasteiger partial charge in [0.2, 0.25) is 5.91 Å². The van der Waals surface area contributed by atoms with Crippen LogP contribution in [0.3, 0.4) is 0 Å². The summed E-state index contributed by atoms with van der Waals surface area (Å²) >= 11 is 0. The Kier molecular flexibility index (Phi) is 5.34. The van der Waals surface area contributed by atoms with Crippen LogP contribution in [0, 0.1) is 11.8 Å².